The Hall–Kier alpha value is -3.58. The van der Waals surface area contributed by atoms with E-state index >= 15 is 0 Å². The Kier molecular flexibility index (Phi) is 6.82. The number of hydrogen-bond acceptors (Lipinski definition) is 6. The number of alkyl halides is 2. The van der Waals surface area contributed by atoms with Gasteiger partial charge < -0.3 is 13.9 Å². The SMILES string of the molecule is Cn1ncc2c1OCCN(CC(F)F)CCn1c(nc3ccc(Br)cc31)NC(=O)c1cc-2c(=O)n(C)c1. The first-order valence-electron chi connectivity index (χ1n) is 11.5. The Labute approximate surface area is 218 Å². The van der Waals surface area contributed by atoms with Gasteiger partial charge >= 0.3 is 0 Å². The highest BCUT2D eigenvalue weighted by Crippen LogP contribution is 2.29. The van der Waals surface area contributed by atoms with Crippen LogP contribution in [0.4, 0.5) is 14.7 Å². The molecule has 1 aromatic carbocycles. The molecule has 0 spiro atoms. The number of rotatable bonds is 2. The highest BCUT2D eigenvalue weighted by molar-refractivity contribution is 9.10. The normalized spacial score (nSPS) is 15.0. The summed E-state index contributed by atoms with van der Waals surface area (Å²) in [6.45, 7) is 0.427. The molecule has 1 aliphatic heterocycles. The van der Waals surface area contributed by atoms with Crippen LogP contribution < -0.4 is 15.6 Å². The Balaban J connectivity index is 1.64. The summed E-state index contributed by atoms with van der Waals surface area (Å²) < 4.78 is 38.1. The van der Waals surface area contributed by atoms with Gasteiger partial charge in [0.1, 0.15) is 6.61 Å². The van der Waals surface area contributed by atoms with Crippen LogP contribution in [0.25, 0.3) is 22.2 Å². The van der Waals surface area contributed by atoms with Crippen LogP contribution in [0.3, 0.4) is 0 Å². The quantitative estimate of drug-likeness (QED) is 0.394. The van der Waals surface area contributed by atoms with Gasteiger partial charge in [-0.15, -0.1) is 0 Å². The van der Waals surface area contributed by atoms with Crippen LogP contribution in [0, 0.1) is 0 Å². The van der Waals surface area contributed by atoms with Gasteiger partial charge in [0.05, 0.1) is 40.5 Å². The zero-order chi connectivity index (χ0) is 26.3. The molecule has 4 aromatic rings. The molecule has 1 N–H and O–H groups in total. The highest BCUT2D eigenvalue weighted by Gasteiger charge is 2.22. The highest BCUT2D eigenvalue weighted by atomic mass is 79.9. The maximum Gasteiger partial charge on any atom is 0.259 e. The fraction of sp³-hybridized carbons (Fsp3) is 0.333. The molecule has 0 saturated heterocycles. The van der Waals surface area contributed by atoms with Gasteiger partial charge in [0.2, 0.25) is 11.8 Å². The second-order valence-electron chi connectivity index (χ2n) is 8.76. The number of nitrogens with zero attached hydrogens (tertiary/aromatic N) is 6. The van der Waals surface area contributed by atoms with E-state index < -0.39 is 18.9 Å². The first-order chi connectivity index (χ1) is 17.7. The molecule has 2 bridgehead atoms. The Morgan fingerprint density at radius 2 is 1.95 bits per heavy atom. The smallest absolute Gasteiger partial charge is 0.259 e. The molecule has 0 aliphatic carbocycles. The van der Waals surface area contributed by atoms with Gasteiger partial charge in [-0.05, 0) is 24.3 Å². The molecule has 10 nitrogen and oxygen atoms in total. The number of carbonyl (C=O) groups excluding carboxylic acids is 1. The standard InChI is InChI=1S/C24H24BrF2N7O3/c1-31-12-14-9-16(22(31)36)17-11-28-32(2)23(17)37-8-7-33(13-20(26)27)5-6-34-19-10-15(25)3-4-18(19)29-24(34)30-21(14)35/h3-4,9-12,20H,5-8,13H2,1-2H3,(H,29,30,35). The molecule has 1 amide bonds. The fourth-order valence-corrected chi connectivity index (χ4v) is 4.75. The number of hydrogen-bond donors (Lipinski definition) is 1. The van der Waals surface area contributed by atoms with E-state index in [1.54, 1.807) is 23.6 Å². The number of ether oxygens (including phenoxy) is 1. The number of imidazole rings is 1. The third-order valence-electron chi connectivity index (χ3n) is 6.24. The molecule has 0 unspecified atom stereocenters. The van der Waals surface area contributed by atoms with Gasteiger partial charge in [-0.1, -0.05) is 15.9 Å². The number of aryl methyl sites for hydroxylation is 2. The van der Waals surface area contributed by atoms with Crippen LogP contribution in [0.2, 0.25) is 0 Å². The van der Waals surface area contributed by atoms with E-state index in [9.17, 15) is 18.4 Å². The van der Waals surface area contributed by atoms with Crippen molar-refractivity contribution in [2.45, 2.75) is 13.0 Å². The number of pyridine rings is 1. The number of amides is 1. The van der Waals surface area contributed by atoms with Crippen molar-refractivity contribution < 1.29 is 18.3 Å². The van der Waals surface area contributed by atoms with Crippen molar-refractivity contribution in [2.75, 3.05) is 31.6 Å². The van der Waals surface area contributed by atoms with E-state index in [0.29, 0.717) is 23.5 Å². The second-order valence-corrected chi connectivity index (χ2v) is 9.68. The predicted octanol–water partition coefficient (Wildman–Crippen LogP) is 3.11. The minimum absolute atomic E-state index is 0.0967. The topological polar surface area (TPSA) is 99.2 Å². The van der Waals surface area contributed by atoms with E-state index in [0.717, 1.165) is 9.99 Å². The number of aromatic nitrogens is 5. The lowest BCUT2D eigenvalue weighted by Crippen LogP contribution is -2.35. The third-order valence-corrected chi connectivity index (χ3v) is 6.73. The average Bonchev–Trinajstić information content (AvgIpc) is 3.37. The maximum absolute atomic E-state index is 13.4. The van der Waals surface area contributed by atoms with E-state index in [2.05, 4.69) is 31.3 Å². The monoisotopic (exact) mass is 575 g/mol. The number of anilines is 1. The molecule has 0 radical (unpaired) electrons. The van der Waals surface area contributed by atoms with Gasteiger partial charge in [0.25, 0.3) is 17.9 Å². The lowest BCUT2D eigenvalue weighted by molar-refractivity contribution is 0.0782. The summed E-state index contributed by atoms with van der Waals surface area (Å²) in [6.07, 6.45) is 0.399. The Morgan fingerprint density at radius 1 is 1.14 bits per heavy atom. The summed E-state index contributed by atoms with van der Waals surface area (Å²) in [5, 5.41) is 7.05. The van der Waals surface area contributed by atoms with E-state index in [-0.39, 0.29) is 42.3 Å². The molecule has 13 heteroatoms. The molecular weight excluding hydrogens is 552 g/mol. The lowest BCUT2D eigenvalue weighted by Gasteiger charge is -2.23. The number of halogens is 3. The summed E-state index contributed by atoms with van der Waals surface area (Å²) >= 11 is 3.46. The minimum Gasteiger partial charge on any atom is -0.476 e. The molecule has 37 heavy (non-hydrogen) atoms. The van der Waals surface area contributed by atoms with E-state index in [1.165, 1.54) is 27.7 Å². The van der Waals surface area contributed by atoms with Crippen LogP contribution in [-0.4, -0.2) is 67.4 Å². The van der Waals surface area contributed by atoms with Gasteiger partial charge in [0, 0.05) is 44.4 Å². The number of fused-ring (bicyclic) bond motifs is 7. The molecule has 5 rings (SSSR count). The maximum atomic E-state index is 13.4. The third kappa shape index (κ3) is 5.01. The zero-order valence-electron chi connectivity index (χ0n) is 20.1. The first-order valence-corrected chi connectivity index (χ1v) is 12.3. The van der Waals surface area contributed by atoms with Crippen LogP contribution in [0.15, 0.2) is 45.9 Å². The summed E-state index contributed by atoms with van der Waals surface area (Å²) in [7, 11) is 3.22. The summed E-state index contributed by atoms with van der Waals surface area (Å²) in [4.78, 5) is 32.5. The number of carbonyl (C=O) groups is 1. The second kappa shape index (κ2) is 10.1. The van der Waals surface area contributed by atoms with Crippen molar-refractivity contribution in [1.29, 1.82) is 0 Å². The van der Waals surface area contributed by atoms with Crippen molar-refractivity contribution >= 4 is 38.8 Å². The van der Waals surface area contributed by atoms with Crippen molar-refractivity contribution in [3.05, 3.63) is 57.0 Å². The van der Waals surface area contributed by atoms with Crippen molar-refractivity contribution in [2.24, 2.45) is 14.1 Å². The molecule has 194 valence electrons. The largest absolute Gasteiger partial charge is 0.476 e. The van der Waals surface area contributed by atoms with Gasteiger partial charge in [-0.25, -0.2) is 18.4 Å². The van der Waals surface area contributed by atoms with Crippen molar-refractivity contribution in [1.82, 2.24) is 28.8 Å². The summed E-state index contributed by atoms with van der Waals surface area (Å²) in [6, 6.07) is 7.00. The van der Waals surface area contributed by atoms with E-state index in [1.807, 2.05) is 18.2 Å². The number of benzene rings is 1. The zero-order valence-corrected chi connectivity index (χ0v) is 21.7. The minimum atomic E-state index is -2.54. The molecule has 0 atom stereocenters. The molecule has 0 saturated carbocycles. The molecule has 4 heterocycles. The van der Waals surface area contributed by atoms with Crippen molar-refractivity contribution in [3.8, 4) is 17.0 Å². The van der Waals surface area contributed by atoms with Gasteiger partial charge in [-0.2, -0.15) is 5.10 Å². The van der Waals surface area contributed by atoms with Gasteiger partial charge in [0.15, 0.2) is 0 Å². The fourth-order valence-electron chi connectivity index (χ4n) is 4.40. The lowest BCUT2D eigenvalue weighted by atomic mass is 10.1. The molecule has 3 aromatic heterocycles. The van der Waals surface area contributed by atoms with Gasteiger partial charge in [-0.3, -0.25) is 19.8 Å². The summed E-state index contributed by atoms with van der Waals surface area (Å²) in [5.74, 6) is 0.113. The van der Waals surface area contributed by atoms with Crippen LogP contribution in [0.5, 0.6) is 5.88 Å². The average molecular weight is 576 g/mol. The molecule has 1 aliphatic rings. The van der Waals surface area contributed by atoms with Crippen LogP contribution >= 0.6 is 15.9 Å². The Morgan fingerprint density at radius 3 is 2.73 bits per heavy atom. The predicted molar refractivity (Wildman–Crippen MR) is 137 cm³/mol. The Bertz CT molecular complexity index is 1550. The van der Waals surface area contributed by atoms with E-state index in [4.69, 9.17) is 4.74 Å². The molecular formula is C24H24BrF2N7O3. The van der Waals surface area contributed by atoms with Crippen molar-refractivity contribution in [3.63, 3.8) is 0 Å². The van der Waals surface area contributed by atoms with Crippen LogP contribution in [-0.2, 0) is 20.6 Å². The first kappa shape index (κ1) is 25.1. The number of nitrogens with one attached hydrogen (secondary N) is 1. The summed E-state index contributed by atoms with van der Waals surface area (Å²) in [5.41, 5.74) is 1.92. The molecule has 0 fully saturated rings. The van der Waals surface area contributed by atoms with Crippen LogP contribution in [0.1, 0.15) is 10.4 Å².